The van der Waals surface area contributed by atoms with Gasteiger partial charge < -0.3 is 4.42 Å². The number of amidine groups is 1. The highest BCUT2D eigenvalue weighted by Gasteiger charge is 2.53. The van der Waals surface area contributed by atoms with Crippen LogP contribution in [0.25, 0.3) is 0 Å². The molecular formula is C23H24N5O3+. The van der Waals surface area contributed by atoms with Crippen LogP contribution in [0.4, 0.5) is 10.7 Å². The molecular weight excluding hydrogens is 394 g/mol. The van der Waals surface area contributed by atoms with E-state index in [0.717, 1.165) is 28.1 Å². The summed E-state index contributed by atoms with van der Waals surface area (Å²) < 4.78 is 9.33. The van der Waals surface area contributed by atoms with Crippen LogP contribution in [0.2, 0.25) is 0 Å². The van der Waals surface area contributed by atoms with E-state index in [2.05, 4.69) is 4.99 Å². The molecule has 1 atom stereocenters. The molecule has 0 bridgehead atoms. The summed E-state index contributed by atoms with van der Waals surface area (Å²) in [5.41, 5.74) is 4.07. The summed E-state index contributed by atoms with van der Waals surface area (Å²) in [6.07, 6.45) is 3.55. The van der Waals surface area contributed by atoms with Crippen LogP contribution < -0.4 is 4.57 Å². The molecule has 1 saturated heterocycles. The number of aliphatic imine (C=N–C) groups is 1. The minimum Gasteiger partial charge on any atom is -0.466 e. The number of likely N-dealkylation sites (N-methyl/N-ethyl adjacent to an activating group) is 1. The van der Waals surface area contributed by atoms with E-state index in [1.165, 1.54) is 9.80 Å². The van der Waals surface area contributed by atoms with E-state index in [1.807, 2.05) is 66.4 Å². The topological polar surface area (TPSA) is 74.9 Å². The monoisotopic (exact) mass is 418 g/mol. The van der Waals surface area contributed by atoms with Crippen LogP contribution >= 0.6 is 0 Å². The van der Waals surface area contributed by atoms with Crippen molar-refractivity contribution in [2.45, 2.75) is 39.9 Å². The fraction of sp³-hybridized carbons (Fsp3) is 0.304. The third-order valence-corrected chi connectivity index (χ3v) is 6.05. The second kappa shape index (κ2) is 6.94. The summed E-state index contributed by atoms with van der Waals surface area (Å²) in [5, 5.41) is 0. The normalized spacial score (nSPS) is 17.8. The molecule has 4 heterocycles. The number of nitrogens with zero attached hydrogens (tertiary/aromatic N) is 5. The van der Waals surface area contributed by atoms with E-state index < -0.39 is 6.04 Å². The van der Waals surface area contributed by atoms with Crippen molar-refractivity contribution < 1.29 is 18.6 Å². The van der Waals surface area contributed by atoms with E-state index >= 15 is 0 Å². The molecule has 3 amide bonds. The highest BCUT2D eigenvalue weighted by Crippen LogP contribution is 2.30. The molecule has 8 nitrogen and oxygen atoms in total. The number of amides is 3. The standard InChI is InChI=1S/C23H24N5O3/c1-14-7-8-15(2)17(10-14)12-28-21(29)19-20(25(4)23(28)30)24-22-26(16(3)11-27(19)22)13-18-6-5-9-31-18/h5-11,19H,12-13H2,1-4H3/q+1. The first-order valence-corrected chi connectivity index (χ1v) is 10.2. The number of fused-ring (bicyclic) bond motifs is 3. The average molecular weight is 418 g/mol. The Morgan fingerprint density at radius 3 is 2.68 bits per heavy atom. The molecule has 0 N–H and O–H groups in total. The number of urea groups is 1. The third-order valence-electron chi connectivity index (χ3n) is 6.05. The number of imidazole rings is 1. The molecule has 1 unspecified atom stereocenters. The summed E-state index contributed by atoms with van der Waals surface area (Å²) in [6.45, 7) is 6.71. The molecule has 8 heteroatoms. The number of hydrogen-bond donors (Lipinski definition) is 0. The van der Waals surface area contributed by atoms with Gasteiger partial charge in [-0.25, -0.2) is 13.9 Å². The fourth-order valence-corrected chi connectivity index (χ4v) is 4.27. The Hall–Kier alpha value is -3.68. The van der Waals surface area contributed by atoms with Crippen LogP contribution in [0.5, 0.6) is 0 Å². The van der Waals surface area contributed by atoms with Crippen LogP contribution in [-0.4, -0.2) is 39.2 Å². The molecule has 0 spiro atoms. The Kier molecular flexibility index (Phi) is 4.32. The number of imide groups is 1. The molecule has 1 fully saturated rings. The SMILES string of the molecule is Cc1ccc(C)c(CN2C(=O)C3C(=Nc4n(Cc5ccco5)c(C)c[n+]43)N(C)C2=O)c1. The molecule has 31 heavy (non-hydrogen) atoms. The van der Waals surface area contributed by atoms with Crippen LogP contribution in [-0.2, 0) is 17.9 Å². The van der Waals surface area contributed by atoms with Gasteiger partial charge in [0, 0.05) is 7.05 Å². The quantitative estimate of drug-likeness (QED) is 0.612. The number of hydrogen-bond acceptors (Lipinski definition) is 4. The highest BCUT2D eigenvalue weighted by atomic mass is 16.3. The zero-order valence-electron chi connectivity index (χ0n) is 18.0. The van der Waals surface area contributed by atoms with E-state index in [-0.39, 0.29) is 18.5 Å². The smallest absolute Gasteiger partial charge is 0.402 e. The number of furan rings is 1. The van der Waals surface area contributed by atoms with Crippen molar-refractivity contribution in [2.24, 2.45) is 4.99 Å². The first-order valence-electron chi connectivity index (χ1n) is 10.2. The van der Waals surface area contributed by atoms with Crippen LogP contribution in [0.1, 0.15) is 34.2 Å². The molecule has 0 saturated carbocycles. The highest BCUT2D eigenvalue weighted by molar-refractivity contribution is 6.19. The lowest BCUT2D eigenvalue weighted by Gasteiger charge is -2.33. The maximum atomic E-state index is 13.5. The molecule has 2 aromatic heterocycles. The van der Waals surface area contributed by atoms with Crippen LogP contribution in [0.3, 0.4) is 0 Å². The first kappa shape index (κ1) is 19.3. The second-order valence-electron chi connectivity index (χ2n) is 8.21. The second-order valence-corrected chi connectivity index (χ2v) is 8.21. The zero-order chi connectivity index (χ0) is 21.9. The maximum Gasteiger partial charge on any atom is 0.402 e. The first-order chi connectivity index (χ1) is 14.8. The Morgan fingerprint density at radius 1 is 1.13 bits per heavy atom. The minimum absolute atomic E-state index is 0.237. The van der Waals surface area contributed by atoms with Gasteiger partial charge in [-0.15, -0.1) is 0 Å². The van der Waals surface area contributed by atoms with Gasteiger partial charge in [0.2, 0.25) is 11.9 Å². The summed E-state index contributed by atoms with van der Waals surface area (Å²) in [6, 6.07) is 8.80. The van der Waals surface area contributed by atoms with Gasteiger partial charge in [-0.3, -0.25) is 14.6 Å². The van der Waals surface area contributed by atoms with Gasteiger partial charge in [-0.1, -0.05) is 28.8 Å². The van der Waals surface area contributed by atoms with E-state index in [0.29, 0.717) is 18.3 Å². The van der Waals surface area contributed by atoms with Crippen molar-refractivity contribution in [3.63, 3.8) is 0 Å². The van der Waals surface area contributed by atoms with E-state index in [4.69, 9.17) is 4.42 Å². The maximum absolute atomic E-state index is 13.5. The van der Waals surface area contributed by atoms with Crippen molar-refractivity contribution >= 4 is 23.7 Å². The number of carbonyl (C=O) groups is 2. The number of aromatic nitrogens is 2. The summed E-state index contributed by atoms with van der Waals surface area (Å²) >= 11 is 0. The molecule has 0 radical (unpaired) electrons. The Bertz CT molecular complexity index is 1240. The summed E-state index contributed by atoms with van der Waals surface area (Å²) in [5.74, 6) is 1.62. The number of rotatable bonds is 4. The molecule has 3 aromatic rings. The van der Waals surface area contributed by atoms with Gasteiger partial charge in [0.25, 0.3) is 5.91 Å². The van der Waals surface area contributed by atoms with Crippen molar-refractivity contribution in [1.82, 2.24) is 14.4 Å². The van der Waals surface area contributed by atoms with Gasteiger partial charge >= 0.3 is 12.0 Å². The van der Waals surface area contributed by atoms with Crippen molar-refractivity contribution in [1.29, 1.82) is 0 Å². The van der Waals surface area contributed by atoms with Crippen LogP contribution in [0, 0.1) is 20.8 Å². The predicted octanol–water partition coefficient (Wildman–Crippen LogP) is 3.02. The van der Waals surface area contributed by atoms with Crippen molar-refractivity contribution in [2.75, 3.05) is 7.05 Å². The summed E-state index contributed by atoms with van der Waals surface area (Å²) in [4.78, 5) is 34.1. The molecule has 158 valence electrons. The van der Waals surface area contributed by atoms with Crippen molar-refractivity contribution in [3.8, 4) is 0 Å². The summed E-state index contributed by atoms with van der Waals surface area (Å²) in [7, 11) is 1.67. The van der Waals surface area contributed by atoms with Crippen LogP contribution in [0.15, 0.2) is 52.2 Å². The van der Waals surface area contributed by atoms with E-state index in [1.54, 1.807) is 13.3 Å². The van der Waals surface area contributed by atoms with E-state index in [9.17, 15) is 9.59 Å². The number of benzene rings is 1. The fourth-order valence-electron chi connectivity index (χ4n) is 4.27. The van der Waals surface area contributed by atoms with Gasteiger partial charge in [-0.05, 0) is 44.0 Å². The Balaban J connectivity index is 1.52. The lowest BCUT2D eigenvalue weighted by Crippen LogP contribution is -2.62. The van der Waals surface area contributed by atoms with Gasteiger partial charge in [0.15, 0.2) is 0 Å². The number of carbonyl (C=O) groups excluding carboxylic acids is 2. The lowest BCUT2D eigenvalue weighted by atomic mass is 10.0. The third kappa shape index (κ3) is 2.98. The van der Waals surface area contributed by atoms with Gasteiger partial charge in [0.1, 0.15) is 24.2 Å². The average Bonchev–Trinajstić information content (AvgIpc) is 3.44. The van der Waals surface area contributed by atoms with Gasteiger partial charge in [-0.2, -0.15) is 0 Å². The molecule has 5 rings (SSSR count). The lowest BCUT2D eigenvalue weighted by molar-refractivity contribution is -0.677. The molecule has 0 aliphatic carbocycles. The zero-order valence-corrected chi connectivity index (χ0v) is 18.0. The Labute approximate surface area is 180 Å². The largest absolute Gasteiger partial charge is 0.466 e. The number of aryl methyl sites for hydroxylation is 3. The predicted molar refractivity (Wildman–Crippen MR) is 113 cm³/mol. The molecule has 2 aliphatic rings. The van der Waals surface area contributed by atoms with Gasteiger partial charge in [0.05, 0.1) is 12.8 Å². The molecule has 2 aliphatic heterocycles. The minimum atomic E-state index is -0.653. The molecule has 1 aromatic carbocycles. The Morgan fingerprint density at radius 2 is 1.94 bits per heavy atom. The van der Waals surface area contributed by atoms with Crippen molar-refractivity contribution in [3.05, 3.63) is 70.9 Å².